The van der Waals surface area contributed by atoms with Gasteiger partial charge in [-0.2, -0.15) is 0 Å². The molecule has 1 N–H and O–H groups in total. The Morgan fingerprint density at radius 1 is 1.35 bits per heavy atom. The normalized spacial score (nSPS) is 33.5. The highest BCUT2D eigenvalue weighted by atomic mass is 16.5. The first kappa shape index (κ1) is 12.6. The molecule has 0 unspecified atom stereocenters. The Kier molecular flexibility index (Phi) is 3.89. The molecular formula is C12H22N2O3. The largest absolute Gasteiger partial charge is 0.453 e. The van der Waals surface area contributed by atoms with Gasteiger partial charge in [0.15, 0.2) is 0 Å². The zero-order valence-corrected chi connectivity index (χ0v) is 10.8. The minimum absolute atomic E-state index is 0.219. The zero-order valence-electron chi connectivity index (χ0n) is 10.8. The third-order valence-corrected chi connectivity index (χ3v) is 3.68. The zero-order chi connectivity index (χ0) is 12.4. The van der Waals surface area contributed by atoms with E-state index in [1.165, 1.54) is 7.11 Å². The van der Waals surface area contributed by atoms with Crippen molar-refractivity contribution in [2.45, 2.75) is 50.9 Å². The SMILES string of the molecule is COC(=O)N[C@@H]1C[C@H]2COC[C@@H](C1)N2C(C)C. The monoisotopic (exact) mass is 242 g/mol. The molecule has 5 heteroatoms. The molecule has 2 heterocycles. The average molecular weight is 242 g/mol. The number of rotatable bonds is 2. The van der Waals surface area contributed by atoms with Crippen LogP contribution in [-0.4, -0.2) is 55.5 Å². The number of nitrogens with zero attached hydrogens (tertiary/aromatic N) is 1. The van der Waals surface area contributed by atoms with Gasteiger partial charge in [0, 0.05) is 24.2 Å². The summed E-state index contributed by atoms with van der Waals surface area (Å²) in [6.07, 6.45) is 1.57. The molecule has 3 atom stereocenters. The molecule has 2 aliphatic heterocycles. The topological polar surface area (TPSA) is 50.8 Å². The quantitative estimate of drug-likeness (QED) is 0.784. The standard InChI is InChI=1S/C12H22N2O3/c1-8(2)14-10-4-9(13-12(15)16-3)5-11(14)7-17-6-10/h8-11H,4-7H2,1-3H3,(H,13,15)/t9-,10+,11-. The molecule has 17 heavy (non-hydrogen) atoms. The third kappa shape index (κ3) is 2.72. The van der Waals surface area contributed by atoms with Gasteiger partial charge in [-0.3, -0.25) is 4.90 Å². The van der Waals surface area contributed by atoms with E-state index in [2.05, 4.69) is 28.8 Å². The van der Waals surface area contributed by atoms with Crippen molar-refractivity contribution in [2.24, 2.45) is 0 Å². The Balaban J connectivity index is 1.99. The second-order valence-electron chi connectivity index (χ2n) is 5.19. The molecule has 2 bridgehead atoms. The molecule has 5 nitrogen and oxygen atoms in total. The van der Waals surface area contributed by atoms with Crippen LogP contribution in [0.3, 0.4) is 0 Å². The number of hydrogen-bond donors (Lipinski definition) is 1. The number of nitrogens with one attached hydrogen (secondary N) is 1. The molecule has 0 aromatic rings. The van der Waals surface area contributed by atoms with Crippen LogP contribution < -0.4 is 5.32 Å². The van der Waals surface area contributed by atoms with Gasteiger partial charge in [-0.25, -0.2) is 4.79 Å². The number of morpholine rings is 1. The van der Waals surface area contributed by atoms with E-state index >= 15 is 0 Å². The van der Waals surface area contributed by atoms with Crippen molar-refractivity contribution in [1.82, 2.24) is 10.2 Å². The Morgan fingerprint density at radius 2 is 1.94 bits per heavy atom. The molecule has 2 rings (SSSR count). The number of amides is 1. The van der Waals surface area contributed by atoms with Crippen LogP contribution in [-0.2, 0) is 9.47 Å². The minimum Gasteiger partial charge on any atom is -0.453 e. The molecule has 0 aromatic heterocycles. The Morgan fingerprint density at radius 3 is 2.41 bits per heavy atom. The smallest absolute Gasteiger partial charge is 0.407 e. The second-order valence-corrected chi connectivity index (χ2v) is 5.19. The van der Waals surface area contributed by atoms with Gasteiger partial charge in [0.1, 0.15) is 0 Å². The van der Waals surface area contributed by atoms with Crippen LogP contribution in [0.4, 0.5) is 4.79 Å². The number of carbonyl (C=O) groups is 1. The third-order valence-electron chi connectivity index (χ3n) is 3.68. The molecule has 2 aliphatic rings. The summed E-state index contributed by atoms with van der Waals surface area (Å²) in [5.74, 6) is 0. The van der Waals surface area contributed by atoms with Crippen molar-refractivity contribution in [2.75, 3.05) is 20.3 Å². The molecule has 0 aliphatic carbocycles. The van der Waals surface area contributed by atoms with Gasteiger partial charge in [-0.15, -0.1) is 0 Å². The van der Waals surface area contributed by atoms with Crippen molar-refractivity contribution in [3.05, 3.63) is 0 Å². The summed E-state index contributed by atoms with van der Waals surface area (Å²) in [6.45, 7) is 5.99. The molecule has 1 amide bonds. The molecule has 0 saturated carbocycles. The average Bonchev–Trinajstić information content (AvgIpc) is 2.27. The van der Waals surface area contributed by atoms with E-state index in [1.54, 1.807) is 0 Å². The van der Waals surface area contributed by atoms with Crippen molar-refractivity contribution in [3.8, 4) is 0 Å². The summed E-state index contributed by atoms with van der Waals surface area (Å²) in [4.78, 5) is 13.8. The van der Waals surface area contributed by atoms with Gasteiger partial charge >= 0.3 is 6.09 Å². The first-order valence-corrected chi connectivity index (χ1v) is 6.31. The summed E-state index contributed by atoms with van der Waals surface area (Å²) >= 11 is 0. The minimum atomic E-state index is -0.327. The molecule has 98 valence electrons. The maximum atomic E-state index is 11.2. The van der Waals surface area contributed by atoms with Crippen LogP contribution in [0, 0.1) is 0 Å². The highest BCUT2D eigenvalue weighted by Crippen LogP contribution is 2.29. The van der Waals surface area contributed by atoms with E-state index in [9.17, 15) is 4.79 Å². The maximum Gasteiger partial charge on any atom is 0.407 e. The predicted octanol–water partition coefficient (Wildman–Crippen LogP) is 0.983. The Bertz CT molecular complexity index is 269. The van der Waals surface area contributed by atoms with Crippen molar-refractivity contribution in [3.63, 3.8) is 0 Å². The summed E-state index contributed by atoms with van der Waals surface area (Å²) in [5.41, 5.74) is 0. The van der Waals surface area contributed by atoms with Crippen molar-refractivity contribution in [1.29, 1.82) is 0 Å². The van der Waals surface area contributed by atoms with Crippen LogP contribution in [0.5, 0.6) is 0 Å². The van der Waals surface area contributed by atoms with Crippen LogP contribution in [0.2, 0.25) is 0 Å². The van der Waals surface area contributed by atoms with Gasteiger partial charge in [0.05, 0.1) is 20.3 Å². The lowest BCUT2D eigenvalue weighted by Crippen LogP contribution is -2.62. The fraction of sp³-hybridized carbons (Fsp3) is 0.917. The number of carbonyl (C=O) groups excluding carboxylic acids is 1. The first-order valence-electron chi connectivity index (χ1n) is 6.31. The van der Waals surface area contributed by atoms with Crippen LogP contribution in [0.25, 0.3) is 0 Å². The Labute approximate surface area is 102 Å². The molecule has 0 aromatic carbocycles. The molecule has 2 saturated heterocycles. The molecule has 2 fully saturated rings. The highest BCUT2D eigenvalue weighted by molar-refractivity contribution is 5.67. The second kappa shape index (κ2) is 5.23. The van der Waals surface area contributed by atoms with Crippen LogP contribution in [0.1, 0.15) is 26.7 Å². The fourth-order valence-electron chi connectivity index (χ4n) is 3.13. The number of methoxy groups -OCH3 is 1. The van der Waals surface area contributed by atoms with Gasteiger partial charge in [0.25, 0.3) is 0 Å². The first-order chi connectivity index (χ1) is 8.11. The lowest BCUT2D eigenvalue weighted by atomic mass is 9.89. The van der Waals surface area contributed by atoms with E-state index in [4.69, 9.17) is 4.74 Å². The highest BCUT2D eigenvalue weighted by Gasteiger charge is 2.40. The van der Waals surface area contributed by atoms with Gasteiger partial charge in [0.2, 0.25) is 0 Å². The maximum absolute atomic E-state index is 11.2. The molecule has 0 radical (unpaired) electrons. The summed E-state index contributed by atoms with van der Waals surface area (Å²) < 4.78 is 10.3. The van der Waals surface area contributed by atoms with E-state index in [0.29, 0.717) is 18.1 Å². The van der Waals surface area contributed by atoms with Crippen molar-refractivity contribution < 1.29 is 14.3 Å². The predicted molar refractivity (Wildman–Crippen MR) is 63.9 cm³/mol. The summed E-state index contributed by atoms with van der Waals surface area (Å²) in [6, 6.07) is 1.60. The van der Waals surface area contributed by atoms with E-state index < -0.39 is 0 Å². The number of hydrogen-bond acceptors (Lipinski definition) is 4. The Hall–Kier alpha value is -0.810. The molecular weight excluding hydrogens is 220 g/mol. The lowest BCUT2D eigenvalue weighted by Gasteiger charge is -2.50. The van der Waals surface area contributed by atoms with E-state index in [-0.39, 0.29) is 12.1 Å². The molecule has 0 spiro atoms. The van der Waals surface area contributed by atoms with Crippen LogP contribution in [0.15, 0.2) is 0 Å². The van der Waals surface area contributed by atoms with Crippen LogP contribution >= 0.6 is 0 Å². The van der Waals surface area contributed by atoms with Gasteiger partial charge in [-0.1, -0.05) is 0 Å². The number of piperidine rings is 1. The number of ether oxygens (including phenoxy) is 2. The fourth-order valence-corrected chi connectivity index (χ4v) is 3.13. The van der Waals surface area contributed by atoms with Gasteiger partial charge in [-0.05, 0) is 26.7 Å². The lowest BCUT2D eigenvalue weighted by molar-refractivity contribution is -0.0939. The van der Waals surface area contributed by atoms with E-state index in [0.717, 1.165) is 26.1 Å². The van der Waals surface area contributed by atoms with Gasteiger partial charge < -0.3 is 14.8 Å². The summed E-state index contributed by atoms with van der Waals surface area (Å²) in [5, 5.41) is 2.91. The number of fused-ring (bicyclic) bond motifs is 2. The van der Waals surface area contributed by atoms with E-state index in [1.807, 2.05) is 0 Å². The summed E-state index contributed by atoms with van der Waals surface area (Å²) in [7, 11) is 1.41. The number of alkyl carbamates (subject to hydrolysis) is 1. The van der Waals surface area contributed by atoms with Crippen molar-refractivity contribution >= 4 is 6.09 Å².